The Morgan fingerprint density at radius 3 is 1.54 bits per heavy atom. The summed E-state index contributed by atoms with van der Waals surface area (Å²) in [5.41, 5.74) is 0.951. The highest BCUT2D eigenvalue weighted by atomic mass is 19.3. The van der Waals surface area contributed by atoms with E-state index >= 15 is 0 Å². The van der Waals surface area contributed by atoms with Gasteiger partial charge in [0, 0.05) is 37.3 Å². The lowest BCUT2D eigenvalue weighted by Gasteiger charge is -2.35. The standard InChI is InChI=1S/C20H20F2N2O4/c1-27-16-6-2-14(3-7-16)18(25)23-10-12-24(13-11-23)19(26)15-4-8-17(9-5-15)28-20(21)22/h2-9,20H,10-13H2,1H3. The zero-order valence-electron chi connectivity index (χ0n) is 15.3. The first-order valence-electron chi connectivity index (χ1n) is 8.75. The van der Waals surface area contributed by atoms with Gasteiger partial charge in [0.2, 0.25) is 0 Å². The van der Waals surface area contributed by atoms with E-state index in [0.717, 1.165) is 0 Å². The van der Waals surface area contributed by atoms with E-state index in [1.54, 1.807) is 41.2 Å². The van der Waals surface area contributed by atoms with Crippen LogP contribution in [0.2, 0.25) is 0 Å². The zero-order chi connectivity index (χ0) is 20.1. The molecule has 1 saturated heterocycles. The van der Waals surface area contributed by atoms with Gasteiger partial charge in [-0.1, -0.05) is 0 Å². The second-order valence-electron chi connectivity index (χ2n) is 6.22. The minimum absolute atomic E-state index is 0.00135. The predicted molar refractivity (Wildman–Crippen MR) is 97.9 cm³/mol. The number of methoxy groups -OCH3 is 1. The van der Waals surface area contributed by atoms with Crippen LogP contribution < -0.4 is 9.47 Å². The van der Waals surface area contributed by atoms with Crippen molar-refractivity contribution in [3.05, 3.63) is 59.7 Å². The topological polar surface area (TPSA) is 59.1 Å². The van der Waals surface area contributed by atoms with Crippen LogP contribution in [0.4, 0.5) is 8.78 Å². The lowest BCUT2D eigenvalue weighted by atomic mass is 10.1. The number of alkyl halides is 2. The number of halogens is 2. The van der Waals surface area contributed by atoms with Crippen LogP contribution >= 0.6 is 0 Å². The number of ether oxygens (including phenoxy) is 2. The molecule has 0 unspecified atom stereocenters. The highest BCUT2D eigenvalue weighted by Gasteiger charge is 2.25. The van der Waals surface area contributed by atoms with Crippen LogP contribution in [0.15, 0.2) is 48.5 Å². The summed E-state index contributed by atoms with van der Waals surface area (Å²) in [4.78, 5) is 28.5. The van der Waals surface area contributed by atoms with Crippen LogP contribution in [-0.4, -0.2) is 61.5 Å². The Bertz CT molecular complexity index is 817. The number of hydrogen-bond donors (Lipinski definition) is 0. The van der Waals surface area contributed by atoms with Crippen LogP contribution in [0.1, 0.15) is 20.7 Å². The van der Waals surface area contributed by atoms with Crippen molar-refractivity contribution in [2.75, 3.05) is 33.3 Å². The fraction of sp³-hybridized carbons (Fsp3) is 0.300. The molecule has 1 heterocycles. The Kier molecular flexibility index (Phi) is 6.08. The summed E-state index contributed by atoms with van der Waals surface area (Å²) in [6, 6.07) is 12.5. The molecule has 148 valence electrons. The van der Waals surface area contributed by atoms with E-state index in [2.05, 4.69) is 4.74 Å². The number of hydrogen-bond acceptors (Lipinski definition) is 4. The Morgan fingerprint density at radius 1 is 0.786 bits per heavy atom. The zero-order valence-corrected chi connectivity index (χ0v) is 15.3. The molecule has 1 aliphatic rings. The number of benzene rings is 2. The molecule has 0 spiro atoms. The van der Waals surface area contributed by atoms with Crippen molar-refractivity contribution >= 4 is 11.8 Å². The maximum atomic E-state index is 12.6. The first-order valence-corrected chi connectivity index (χ1v) is 8.75. The predicted octanol–water partition coefficient (Wildman–Crippen LogP) is 2.89. The van der Waals surface area contributed by atoms with Crippen molar-refractivity contribution in [1.82, 2.24) is 9.80 Å². The van der Waals surface area contributed by atoms with Gasteiger partial charge in [0.1, 0.15) is 11.5 Å². The van der Waals surface area contributed by atoms with E-state index in [1.165, 1.54) is 24.3 Å². The van der Waals surface area contributed by atoms with Gasteiger partial charge in [-0.15, -0.1) is 0 Å². The molecule has 0 bridgehead atoms. The number of carbonyl (C=O) groups excluding carboxylic acids is 2. The van der Waals surface area contributed by atoms with Gasteiger partial charge in [-0.05, 0) is 48.5 Å². The molecular formula is C20H20F2N2O4. The molecule has 1 fully saturated rings. The monoisotopic (exact) mass is 390 g/mol. The van der Waals surface area contributed by atoms with Gasteiger partial charge in [0.05, 0.1) is 7.11 Å². The number of piperazine rings is 1. The molecule has 0 atom stereocenters. The summed E-state index contributed by atoms with van der Waals surface area (Å²) >= 11 is 0. The minimum atomic E-state index is -2.90. The molecule has 6 nitrogen and oxygen atoms in total. The van der Waals surface area contributed by atoms with E-state index in [0.29, 0.717) is 43.1 Å². The van der Waals surface area contributed by atoms with Crippen molar-refractivity contribution in [3.63, 3.8) is 0 Å². The number of nitrogens with zero attached hydrogens (tertiary/aromatic N) is 2. The van der Waals surface area contributed by atoms with Crippen molar-refractivity contribution in [3.8, 4) is 11.5 Å². The van der Waals surface area contributed by atoms with E-state index in [4.69, 9.17) is 4.74 Å². The molecule has 1 aliphatic heterocycles. The molecule has 0 aromatic heterocycles. The van der Waals surface area contributed by atoms with Gasteiger partial charge in [-0.2, -0.15) is 8.78 Å². The SMILES string of the molecule is COc1ccc(C(=O)N2CCN(C(=O)c3ccc(OC(F)F)cc3)CC2)cc1. The summed E-state index contributed by atoms with van der Waals surface area (Å²) in [6.07, 6.45) is 0. The summed E-state index contributed by atoms with van der Waals surface area (Å²) in [5, 5.41) is 0. The summed E-state index contributed by atoms with van der Waals surface area (Å²) < 4.78 is 33.8. The van der Waals surface area contributed by atoms with E-state index in [1.807, 2.05) is 0 Å². The van der Waals surface area contributed by atoms with Gasteiger partial charge >= 0.3 is 6.61 Å². The van der Waals surface area contributed by atoms with Crippen molar-refractivity contribution in [1.29, 1.82) is 0 Å². The molecule has 0 saturated carbocycles. The second-order valence-corrected chi connectivity index (χ2v) is 6.22. The lowest BCUT2D eigenvalue weighted by molar-refractivity contribution is -0.0498. The molecule has 8 heteroatoms. The average molecular weight is 390 g/mol. The van der Waals surface area contributed by atoms with Gasteiger partial charge < -0.3 is 19.3 Å². The number of rotatable bonds is 5. The lowest BCUT2D eigenvalue weighted by Crippen LogP contribution is -2.50. The second kappa shape index (κ2) is 8.69. The van der Waals surface area contributed by atoms with Crippen LogP contribution in [-0.2, 0) is 0 Å². The largest absolute Gasteiger partial charge is 0.497 e. The molecule has 2 amide bonds. The Balaban J connectivity index is 1.56. The van der Waals surface area contributed by atoms with Crippen LogP contribution in [0.5, 0.6) is 11.5 Å². The minimum Gasteiger partial charge on any atom is -0.497 e. The van der Waals surface area contributed by atoms with Crippen LogP contribution in [0.25, 0.3) is 0 Å². The molecule has 2 aromatic carbocycles. The molecule has 3 rings (SSSR count). The van der Waals surface area contributed by atoms with Crippen molar-refractivity contribution in [2.24, 2.45) is 0 Å². The van der Waals surface area contributed by atoms with Gasteiger partial charge in [-0.25, -0.2) is 0 Å². The maximum Gasteiger partial charge on any atom is 0.387 e. The van der Waals surface area contributed by atoms with Crippen molar-refractivity contribution < 1.29 is 27.8 Å². The van der Waals surface area contributed by atoms with Crippen LogP contribution in [0, 0.1) is 0 Å². The average Bonchev–Trinajstić information content (AvgIpc) is 2.73. The Morgan fingerprint density at radius 2 is 1.18 bits per heavy atom. The Hall–Kier alpha value is -3.16. The molecule has 0 aliphatic carbocycles. The summed E-state index contributed by atoms with van der Waals surface area (Å²) in [7, 11) is 1.56. The number of carbonyl (C=O) groups is 2. The molecule has 2 aromatic rings. The third kappa shape index (κ3) is 4.57. The molecule has 0 N–H and O–H groups in total. The fourth-order valence-electron chi connectivity index (χ4n) is 2.99. The Labute approximate surface area is 161 Å². The van der Waals surface area contributed by atoms with Gasteiger partial charge in [0.15, 0.2) is 0 Å². The normalized spacial score (nSPS) is 14.1. The van der Waals surface area contributed by atoms with Crippen LogP contribution in [0.3, 0.4) is 0 Å². The van der Waals surface area contributed by atoms with Gasteiger partial charge in [-0.3, -0.25) is 9.59 Å². The van der Waals surface area contributed by atoms with Crippen molar-refractivity contribution in [2.45, 2.75) is 6.61 Å². The smallest absolute Gasteiger partial charge is 0.387 e. The summed E-state index contributed by atoms with van der Waals surface area (Å²) in [5.74, 6) is 0.377. The van der Waals surface area contributed by atoms with E-state index in [-0.39, 0.29) is 17.6 Å². The first-order chi connectivity index (χ1) is 13.5. The molecule has 0 radical (unpaired) electrons. The highest BCUT2D eigenvalue weighted by molar-refractivity contribution is 5.96. The fourth-order valence-corrected chi connectivity index (χ4v) is 2.99. The molecule has 28 heavy (non-hydrogen) atoms. The third-order valence-electron chi connectivity index (χ3n) is 4.52. The quantitative estimate of drug-likeness (QED) is 0.788. The third-order valence-corrected chi connectivity index (χ3v) is 4.52. The van der Waals surface area contributed by atoms with E-state index < -0.39 is 6.61 Å². The highest BCUT2D eigenvalue weighted by Crippen LogP contribution is 2.18. The maximum absolute atomic E-state index is 12.6. The number of amides is 2. The van der Waals surface area contributed by atoms with Gasteiger partial charge in [0.25, 0.3) is 11.8 Å². The molecular weight excluding hydrogens is 370 g/mol. The first kappa shape index (κ1) is 19.6. The summed E-state index contributed by atoms with van der Waals surface area (Å²) in [6.45, 7) is -1.27. The van der Waals surface area contributed by atoms with E-state index in [9.17, 15) is 18.4 Å².